The Hall–Kier alpha value is -0.380. The Kier molecular flexibility index (Phi) is 5.05. The molecule has 72 valence electrons. The van der Waals surface area contributed by atoms with E-state index in [1.165, 1.54) is 5.56 Å². The summed E-state index contributed by atoms with van der Waals surface area (Å²) in [5, 5.41) is 0. The fourth-order valence-electron chi connectivity index (χ4n) is 0.769. The van der Waals surface area contributed by atoms with Crippen LogP contribution in [0.5, 0.6) is 0 Å². The van der Waals surface area contributed by atoms with Gasteiger partial charge in [-0.3, -0.25) is 0 Å². The number of hydrogen-bond acceptors (Lipinski definition) is 2. The number of epoxide rings is 1. The summed E-state index contributed by atoms with van der Waals surface area (Å²) in [6.07, 6.45) is 0.379. The SMILES string of the molecule is BrOCC1CO1.Cc1ccccc1. The second-order valence-corrected chi connectivity index (χ2v) is 3.34. The van der Waals surface area contributed by atoms with Crippen molar-refractivity contribution in [1.29, 1.82) is 0 Å². The molecule has 0 amide bonds. The lowest BCUT2D eigenvalue weighted by Crippen LogP contribution is -1.90. The van der Waals surface area contributed by atoms with Crippen molar-refractivity contribution in [2.24, 2.45) is 0 Å². The average Bonchev–Trinajstić information content (AvgIpc) is 2.91. The molecule has 0 aliphatic carbocycles. The minimum Gasteiger partial charge on any atom is -0.371 e. The molecule has 1 aliphatic heterocycles. The summed E-state index contributed by atoms with van der Waals surface area (Å²) in [5.41, 5.74) is 1.32. The Bertz CT molecular complexity index is 222. The molecular formula is C10H13BrO2. The second kappa shape index (κ2) is 6.13. The smallest absolute Gasteiger partial charge is 0.105 e. The number of hydrogen-bond donors (Lipinski definition) is 0. The van der Waals surface area contributed by atoms with E-state index in [2.05, 4.69) is 39.1 Å². The summed E-state index contributed by atoms with van der Waals surface area (Å²) in [7, 11) is 0. The van der Waals surface area contributed by atoms with Gasteiger partial charge in [0.1, 0.15) is 6.10 Å². The van der Waals surface area contributed by atoms with Crippen LogP contribution < -0.4 is 0 Å². The van der Waals surface area contributed by atoms with Gasteiger partial charge in [-0.05, 0) is 6.92 Å². The molecule has 1 aromatic rings. The molecule has 1 saturated heterocycles. The molecule has 0 bridgehead atoms. The fourth-order valence-corrected chi connectivity index (χ4v) is 1.06. The molecule has 1 atom stereocenters. The highest BCUT2D eigenvalue weighted by atomic mass is 79.9. The van der Waals surface area contributed by atoms with Crippen LogP contribution in [0, 0.1) is 6.92 Å². The molecule has 0 aromatic heterocycles. The van der Waals surface area contributed by atoms with E-state index in [-0.39, 0.29) is 0 Å². The molecule has 0 saturated carbocycles. The maximum absolute atomic E-state index is 4.79. The van der Waals surface area contributed by atoms with Crippen molar-refractivity contribution in [3.05, 3.63) is 35.9 Å². The second-order valence-electron chi connectivity index (χ2n) is 2.89. The number of benzene rings is 1. The van der Waals surface area contributed by atoms with Crippen LogP contribution in [-0.2, 0) is 8.57 Å². The average molecular weight is 245 g/mol. The molecule has 1 unspecified atom stereocenters. The number of halogens is 1. The Morgan fingerprint density at radius 2 is 2.08 bits per heavy atom. The molecule has 1 fully saturated rings. The van der Waals surface area contributed by atoms with E-state index >= 15 is 0 Å². The van der Waals surface area contributed by atoms with E-state index < -0.39 is 0 Å². The molecule has 2 nitrogen and oxygen atoms in total. The first-order valence-electron chi connectivity index (χ1n) is 4.19. The van der Waals surface area contributed by atoms with Gasteiger partial charge in [0.15, 0.2) is 0 Å². The summed E-state index contributed by atoms with van der Waals surface area (Å²) in [6.45, 7) is 3.63. The lowest BCUT2D eigenvalue weighted by atomic mass is 10.2. The predicted octanol–water partition coefficient (Wildman–Crippen LogP) is 2.71. The molecular weight excluding hydrogens is 232 g/mol. The van der Waals surface area contributed by atoms with Crippen molar-refractivity contribution in [2.45, 2.75) is 13.0 Å². The van der Waals surface area contributed by atoms with E-state index in [1.54, 1.807) is 0 Å². The maximum atomic E-state index is 4.79. The van der Waals surface area contributed by atoms with E-state index in [0.717, 1.165) is 6.61 Å². The van der Waals surface area contributed by atoms with Crippen LogP contribution in [0.2, 0.25) is 0 Å². The number of aryl methyl sites for hydroxylation is 1. The van der Waals surface area contributed by atoms with E-state index in [1.807, 2.05) is 18.2 Å². The molecule has 3 heteroatoms. The van der Waals surface area contributed by atoms with Crippen molar-refractivity contribution in [2.75, 3.05) is 13.2 Å². The monoisotopic (exact) mass is 244 g/mol. The number of ether oxygens (including phenoxy) is 1. The first-order valence-corrected chi connectivity index (χ1v) is 4.84. The van der Waals surface area contributed by atoms with Crippen molar-refractivity contribution in [3.63, 3.8) is 0 Å². The molecule has 1 aliphatic rings. The van der Waals surface area contributed by atoms with Gasteiger partial charge in [0.2, 0.25) is 0 Å². The molecule has 1 aromatic carbocycles. The van der Waals surface area contributed by atoms with Gasteiger partial charge >= 0.3 is 0 Å². The van der Waals surface area contributed by atoms with Crippen LogP contribution in [0.4, 0.5) is 0 Å². The van der Waals surface area contributed by atoms with Crippen LogP contribution in [0.1, 0.15) is 5.56 Å². The zero-order chi connectivity index (χ0) is 9.52. The van der Waals surface area contributed by atoms with Crippen LogP contribution in [0.3, 0.4) is 0 Å². The van der Waals surface area contributed by atoms with Gasteiger partial charge in [-0.1, -0.05) is 35.9 Å². The summed E-state index contributed by atoms with van der Waals surface area (Å²) in [4.78, 5) is 0. The lowest BCUT2D eigenvalue weighted by Gasteiger charge is -1.82. The van der Waals surface area contributed by atoms with Crippen LogP contribution >= 0.6 is 16.3 Å². The van der Waals surface area contributed by atoms with Crippen LogP contribution in [-0.4, -0.2) is 19.3 Å². The van der Waals surface area contributed by atoms with E-state index in [0.29, 0.717) is 12.7 Å². The zero-order valence-electron chi connectivity index (χ0n) is 7.57. The zero-order valence-corrected chi connectivity index (χ0v) is 9.16. The third-order valence-corrected chi connectivity index (χ3v) is 1.86. The van der Waals surface area contributed by atoms with Gasteiger partial charge in [0.25, 0.3) is 0 Å². The van der Waals surface area contributed by atoms with E-state index in [9.17, 15) is 0 Å². The maximum Gasteiger partial charge on any atom is 0.105 e. The summed E-state index contributed by atoms with van der Waals surface area (Å²) < 4.78 is 9.35. The number of rotatable bonds is 2. The third-order valence-electron chi connectivity index (χ3n) is 1.59. The minimum absolute atomic E-state index is 0.379. The summed E-state index contributed by atoms with van der Waals surface area (Å²) in [5.74, 6) is 0. The molecule has 0 radical (unpaired) electrons. The lowest BCUT2D eigenvalue weighted by molar-refractivity contribution is 0.307. The van der Waals surface area contributed by atoms with Gasteiger partial charge in [0, 0.05) is 0 Å². The minimum atomic E-state index is 0.379. The Labute approximate surface area is 87.3 Å². The molecule has 0 spiro atoms. The van der Waals surface area contributed by atoms with Gasteiger partial charge < -0.3 is 8.57 Å². The standard InChI is InChI=1S/C7H8.C3H5BrO2/c1-7-5-3-2-4-6-7;4-6-2-3-1-5-3/h2-6H,1H3;3H,1-2H2. The first-order chi connectivity index (χ1) is 6.33. The quantitative estimate of drug-likeness (QED) is 0.747. The summed E-state index contributed by atoms with van der Waals surface area (Å²) in [6, 6.07) is 10.3. The highest BCUT2D eigenvalue weighted by Gasteiger charge is 2.21. The molecule has 13 heavy (non-hydrogen) atoms. The first kappa shape index (κ1) is 10.7. The topological polar surface area (TPSA) is 21.8 Å². The largest absolute Gasteiger partial charge is 0.371 e. The van der Waals surface area contributed by atoms with Crippen molar-refractivity contribution < 1.29 is 8.57 Å². The van der Waals surface area contributed by atoms with Gasteiger partial charge in [0.05, 0.1) is 29.5 Å². The fraction of sp³-hybridized carbons (Fsp3) is 0.400. The van der Waals surface area contributed by atoms with Gasteiger partial charge in [-0.25, -0.2) is 0 Å². The Morgan fingerprint density at radius 3 is 2.31 bits per heavy atom. The van der Waals surface area contributed by atoms with Crippen LogP contribution in [0.25, 0.3) is 0 Å². The Balaban J connectivity index is 0.000000132. The molecule has 2 rings (SSSR count). The van der Waals surface area contributed by atoms with Crippen LogP contribution in [0.15, 0.2) is 30.3 Å². The molecule has 0 N–H and O–H groups in total. The highest BCUT2D eigenvalue weighted by Crippen LogP contribution is 2.09. The molecule has 1 heterocycles. The predicted molar refractivity (Wildman–Crippen MR) is 55.8 cm³/mol. The van der Waals surface area contributed by atoms with Gasteiger partial charge in [-0.2, -0.15) is 0 Å². The normalized spacial score (nSPS) is 18.8. The highest BCUT2D eigenvalue weighted by molar-refractivity contribution is 9.06. The van der Waals surface area contributed by atoms with Crippen molar-refractivity contribution >= 4 is 16.3 Å². The van der Waals surface area contributed by atoms with Gasteiger partial charge in [-0.15, -0.1) is 0 Å². The van der Waals surface area contributed by atoms with Crippen molar-refractivity contribution in [3.8, 4) is 0 Å². The van der Waals surface area contributed by atoms with Crippen molar-refractivity contribution in [1.82, 2.24) is 0 Å². The third kappa shape index (κ3) is 5.80. The summed E-state index contributed by atoms with van der Waals surface area (Å²) >= 11 is 2.81. The van der Waals surface area contributed by atoms with E-state index in [4.69, 9.17) is 4.74 Å². The Morgan fingerprint density at radius 1 is 1.46 bits per heavy atom.